The fourth-order valence-electron chi connectivity index (χ4n) is 0.507. The Morgan fingerprint density at radius 3 is 2.89 bits per heavy atom. The zero-order chi connectivity index (χ0) is 6.69. The van der Waals surface area contributed by atoms with Gasteiger partial charge in [-0.05, 0) is 18.2 Å². The zero-order valence-corrected chi connectivity index (χ0v) is 6.14. The summed E-state index contributed by atoms with van der Waals surface area (Å²) in [6.45, 7) is 0. The third-order valence-electron chi connectivity index (χ3n) is 0.895. The number of hydrogen-bond donors (Lipinski definition) is 0. The summed E-state index contributed by atoms with van der Waals surface area (Å²) in [6.07, 6.45) is 0. The Bertz CT molecular complexity index is 249. The molecule has 0 unspecified atom stereocenters. The van der Waals surface area contributed by atoms with Gasteiger partial charge < -0.3 is 0 Å². The number of rotatable bonds is 0. The smallest absolute Gasteiger partial charge is 0.0992 e. The molecule has 0 atom stereocenters. The molecule has 0 amide bonds. The molecule has 1 aromatic carbocycles. The molecule has 0 spiro atoms. The van der Waals surface area contributed by atoms with Gasteiger partial charge in [0.2, 0.25) is 0 Å². The van der Waals surface area contributed by atoms with Crippen molar-refractivity contribution in [3.8, 4) is 6.07 Å². The van der Waals surface area contributed by atoms with Gasteiger partial charge in [-0.1, -0.05) is 22.0 Å². The molecule has 0 saturated carbocycles. The van der Waals surface area contributed by atoms with Crippen LogP contribution in [0.25, 0.3) is 0 Å². The topological polar surface area (TPSA) is 23.8 Å². The standard InChI is InChI=1S/C7H3BrN/c8-7-3-1-2-6(4-7)5-9/h1-2,4H. The SMILES string of the molecule is N#Cc1cc[c]c(Br)c1. The highest BCUT2D eigenvalue weighted by atomic mass is 79.9. The molecule has 0 aliphatic heterocycles. The molecule has 43 valence electrons. The Morgan fingerprint density at radius 1 is 1.67 bits per heavy atom. The first-order chi connectivity index (χ1) is 4.33. The lowest BCUT2D eigenvalue weighted by Crippen LogP contribution is -1.70. The monoisotopic (exact) mass is 180 g/mol. The molecule has 1 aromatic rings. The molecule has 1 radical (unpaired) electrons. The van der Waals surface area contributed by atoms with E-state index in [1.165, 1.54) is 0 Å². The van der Waals surface area contributed by atoms with Crippen LogP contribution >= 0.6 is 15.9 Å². The molecule has 2 heteroatoms. The van der Waals surface area contributed by atoms with Crippen LogP contribution in [0.1, 0.15) is 5.56 Å². The maximum Gasteiger partial charge on any atom is 0.0992 e. The molecule has 0 aliphatic rings. The summed E-state index contributed by atoms with van der Waals surface area (Å²) in [5.74, 6) is 0. The number of benzene rings is 1. The molecule has 9 heavy (non-hydrogen) atoms. The van der Waals surface area contributed by atoms with E-state index < -0.39 is 0 Å². The molecule has 0 saturated heterocycles. The van der Waals surface area contributed by atoms with Crippen LogP contribution in [0.4, 0.5) is 0 Å². The van der Waals surface area contributed by atoms with E-state index in [2.05, 4.69) is 22.0 Å². The van der Waals surface area contributed by atoms with E-state index in [1.807, 2.05) is 6.07 Å². The van der Waals surface area contributed by atoms with Crippen LogP contribution in [-0.4, -0.2) is 0 Å². The fourth-order valence-corrected chi connectivity index (χ4v) is 0.886. The second kappa shape index (κ2) is 2.65. The van der Waals surface area contributed by atoms with E-state index in [-0.39, 0.29) is 0 Å². The average molecular weight is 181 g/mol. The van der Waals surface area contributed by atoms with Gasteiger partial charge in [0.15, 0.2) is 0 Å². The van der Waals surface area contributed by atoms with Gasteiger partial charge in [-0.2, -0.15) is 5.26 Å². The van der Waals surface area contributed by atoms with Gasteiger partial charge in [-0.3, -0.25) is 0 Å². The lowest BCUT2D eigenvalue weighted by molar-refractivity contribution is 1.47. The molecule has 1 rings (SSSR count). The highest BCUT2D eigenvalue weighted by Crippen LogP contribution is 2.09. The third-order valence-corrected chi connectivity index (χ3v) is 1.35. The van der Waals surface area contributed by atoms with Crippen molar-refractivity contribution in [2.45, 2.75) is 0 Å². The van der Waals surface area contributed by atoms with Crippen molar-refractivity contribution in [2.24, 2.45) is 0 Å². The fraction of sp³-hybridized carbons (Fsp3) is 0. The summed E-state index contributed by atoms with van der Waals surface area (Å²) in [6, 6.07) is 10.0. The van der Waals surface area contributed by atoms with E-state index in [4.69, 9.17) is 5.26 Å². The van der Waals surface area contributed by atoms with Gasteiger partial charge in [-0.15, -0.1) is 0 Å². The predicted octanol–water partition coefficient (Wildman–Crippen LogP) is 2.12. The van der Waals surface area contributed by atoms with Crippen molar-refractivity contribution in [3.63, 3.8) is 0 Å². The number of hydrogen-bond acceptors (Lipinski definition) is 1. The summed E-state index contributed by atoms with van der Waals surface area (Å²) in [5, 5.41) is 8.38. The second-order valence-electron chi connectivity index (χ2n) is 1.54. The molecule has 1 nitrogen and oxygen atoms in total. The minimum absolute atomic E-state index is 0.653. The lowest BCUT2D eigenvalue weighted by Gasteiger charge is -1.86. The summed E-state index contributed by atoms with van der Waals surface area (Å²) < 4.78 is 0.821. The highest BCUT2D eigenvalue weighted by Gasteiger charge is 1.88. The Kier molecular flexibility index (Phi) is 1.86. The van der Waals surface area contributed by atoms with Crippen molar-refractivity contribution < 1.29 is 0 Å². The van der Waals surface area contributed by atoms with E-state index in [0.717, 1.165) is 4.47 Å². The van der Waals surface area contributed by atoms with Crippen LogP contribution in [0.5, 0.6) is 0 Å². The molecule has 0 bridgehead atoms. The van der Waals surface area contributed by atoms with Gasteiger partial charge in [0.1, 0.15) is 0 Å². The quantitative estimate of drug-likeness (QED) is 0.601. The van der Waals surface area contributed by atoms with Gasteiger partial charge in [-0.25, -0.2) is 0 Å². The van der Waals surface area contributed by atoms with Crippen LogP contribution in [0, 0.1) is 17.4 Å². The first kappa shape index (κ1) is 6.31. The van der Waals surface area contributed by atoms with Crippen molar-refractivity contribution in [1.29, 1.82) is 5.26 Å². The van der Waals surface area contributed by atoms with Crippen LogP contribution < -0.4 is 0 Å². The average Bonchev–Trinajstić information content (AvgIpc) is 1.88. The number of halogens is 1. The molecular formula is C7H3BrN. The van der Waals surface area contributed by atoms with E-state index in [0.29, 0.717) is 5.56 Å². The summed E-state index contributed by atoms with van der Waals surface area (Å²) >= 11 is 3.20. The zero-order valence-electron chi connectivity index (χ0n) is 4.56. The highest BCUT2D eigenvalue weighted by molar-refractivity contribution is 9.10. The first-order valence-electron chi connectivity index (χ1n) is 2.40. The molecular weight excluding hydrogens is 178 g/mol. The first-order valence-corrected chi connectivity index (χ1v) is 3.19. The van der Waals surface area contributed by atoms with Gasteiger partial charge >= 0.3 is 0 Å². The van der Waals surface area contributed by atoms with Crippen molar-refractivity contribution in [2.75, 3.05) is 0 Å². The Labute approximate surface area is 62.1 Å². The lowest BCUT2D eigenvalue weighted by atomic mass is 10.2. The summed E-state index contributed by atoms with van der Waals surface area (Å²) in [7, 11) is 0. The maximum atomic E-state index is 8.38. The van der Waals surface area contributed by atoms with Crippen molar-refractivity contribution in [1.82, 2.24) is 0 Å². The van der Waals surface area contributed by atoms with Crippen LogP contribution in [-0.2, 0) is 0 Å². The normalized spacial score (nSPS) is 8.44. The van der Waals surface area contributed by atoms with Crippen molar-refractivity contribution >= 4 is 15.9 Å². The van der Waals surface area contributed by atoms with E-state index in [9.17, 15) is 0 Å². The number of nitriles is 1. The molecule has 0 aliphatic carbocycles. The largest absolute Gasteiger partial charge is 0.192 e. The summed E-state index contributed by atoms with van der Waals surface area (Å²) in [4.78, 5) is 0. The van der Waals surface area contributed by atoms with Gasteiger partial charge in [0.05, 0.1) is 11.6 Å². The third kappa shape index (κ3) is 1.55. The van der Waals surface area contributed by atoms with Gasteiger partial charge in [0.25, 0.3) is 0 Å². The minimum atomic E-state index is 0.653. The Hall–Kier alpha value is -0.810. The Morgan fingerprint density at radius 2 is 2.44 bits per heavy atom. The maximum absolute atomic E-state index is 8.38. The minimum Gasteiger partial charge on any atom is -0.192 e. The van der Waals surface area contributed by atoms with Crippen LogP contribution in [0.3, 0.4) is 0 Å². The molecule has 0 aromatic heterocycles. The Balaban J connectivity index is 3.12. The van der Waals surface area contributed by atoms with E-state index in [1.54, 1.807) is 18.2 Å². The van der Waals surface area contributed by atoms with Crippen LogP contribution in [0.2, 0.25) is 0 Å². The molecule has 0 heterocycles. The van der Waals surface area contributed by atoms with Crippen LogP contribution in [0.15, 0.2) is 22.7 Å². The second-order valence-corrected chi connectivity index (χ2v) is 2.39. The molecule has 0 fully saturated rings. The van der Waals surface area contributed by atoms with E-state index >= 15 is 0 Å². The summed E-state index contributed by atoms with van der Waals surface area (Å²) in [5.41, 5.74) is 0.653. The number of nitrogens with zero attached hydrogens (tertiary/aromatic N) is 1. The molecule has 0 N–H and O–H groups in total. The predicted molar refractivity (Wildman–Crippen MR) is 37.7 cm³/mol. The van der Waals surface area contributed by atoms with Crippen molar-refractivity contribution in [3.05, 3.63) is 34.3 Å². The van der Waals surface area contributed by atoms with Gasteiger partial charge in [0, 0.05) is 4.47 Å².